The molecule has 4 rings (SSSR count). The molecule has 0 spiro atoms. The van der Waals surface area contributed by atoms with Crippen LogP contribution in [0.1, 0.15) is 21.9 Å². The van der Waals surface area contributed by atoms with Gasteiger partial charge in [-0.15, -0.1) is 0 Å². The van der Waals surface area contributed by atoms with Crippen molar-refractivity contribution >= 4 is 5.91 Å². The van der Waals surface area contributed by atoms with Gasteiger partial charge < -0.3 is 23.9 Å². The molecule has 1 aromatic carbocycles. The van der Waals surface area contributed by atoms with Crippen LogP contribution >= 0.6 is 0 Å². The fraction of sp³-hybridized carbons (Fsp3) is 0.222. The minimum Gasteiger partial charge on any atom is -0.486 e. The van der Waals surface area contributed by atoms with E-state index >= 15 is 0 Å². The van der Waals surface area contributed by atoms with E-state index in [9.17, 15) is 4.79 Å². The second-order valence-corrected chi connectivity index (χ2v) is 5.77. The van der Waals surface area contributed by atoms with E-state index < -0.39 is 0 Å². The molecule has 0 radical (unpaired) electrons. The third-order valence-corrected chi connectivity index (χ3v) is 3.82. The molecule has 0 fully saturated rings. The smallest absolute Gasteiger partial charge is 0.287 e. The summed E-state index contributed by atoms with van der Waals surface area (Å²) in [7, 11) is 1.82. The van der Waals surface area contributed by atoms with Crippen molar-refractivity contribution in [1.29, 1.82) is 0 Å². The Bertz CT molecular complexity index is 931. The van der Waals surface area contributed by atoms with Gasteiger partial charge in [-0.25, -0.2) is 0 Å². The van der Waals surface area contributed by atoms with Gasteiger partial charge >= 0.3 is 0 Å². The van der Waals surface area contributed by atoms with Crippen LogP contribution in [-0.4, -0.2) is 22.5 Å². The third kappa shape index (κ3) is 3.49. The molecule has 1 aliphatic rings. The number of carbonyl (C=O) groups excluding carboxylic acids is 1. The van der Waals surface area contributed by atoms with Crippen molar-refractivity contribution < 1.29 is 23.4 Å². The molecule has 26 heavy (non-hydrogen) atoms. The van der Waals surface area contributed by atoms with Crippen LogP contribution in [0.25, 0.3) is 0 Å². The molecule has 0 aliphatic carbocycles. The number of rotatable bonds is 6. The Labute approximate surface area is 149 Å². The maximum Gasteiger partial charge on any atom is 0.287 e. The molecule has 8 heteroatoms. The normalized spacial score (nSPS) is 12.2. The molecular weight excluding hydrogens is 338 g/mol. The fourth-order valence-electron chi connectivity index (χ4n) is 2.53. The molecule has 3 aromatic rings. The first-order valence-electron chi connectivity index (χ1n) is 8.04. The number of furan rings is 1. The number of nitrogens with zero attached hydrogens (tertiary/aromatic N) is 2. The van der Waals surface area contributed by atoms with Crippen LogP contribution in [0.2, 0.25) is 0 Å². The van der Waals surface area contributed by atoms with Crippen LogP contribution in [0.5, 0.6) is 17.2 Å². The molecule has 0 atom stereocenters. The summed E-state index contributed by atoms with van der Waals surface area (Å²) in [5.74, 6) is 2.48. The minimum atomic E-state index is -0.289. The molecule has 0 bridgehead atoms. The zero-order valence-corrected chi connectivity index (χ0v) is 14.1. The van der Waals surface area contributed by atoms with Gasteiger partial charge in [-0.3, -0.25) is 9.48 Å². The van der Waals surface area contributed by atoms with Gasteiger partial charge in [0.15, 0.2) is 17.3 Å². The van der Waals surface area contributed by atoms with Crippen molar-refractivity contribution in [3.05, 3.63) is 59.8 Å². The lowest BCUT2D eigenvalue weighted by Gasteiger charge is -2.05. The van der Waals surface area contributed by atoms with Crippen molar-refractivity contribution in [2.24, 2.45) is 7.05 Å². The zero-order valence-electron chi connectivity index (χ0n) is 14.1. The Morgan fingerprint density at radius 3 is 3.00 bits per heavy atom. The molecule has 1 aliphatic heterocycles. The first-order chi connectivity index (χ1) is 12.7. The highest BCUT2D eigenvalue weighted by Crippen LogP contribution is 2.35. The minimum absolute atomic E-state index is 0.204. The molecule has 0 saturated carbocycles. The topological polar surface area (TPSA) is 87.8 Å². The average molecular weight is 355 g/mol. The molecule has 0 saturated heterocycles. The van der Waals surface area contributed by atoms with Crippen molar-refractivity contribution in [3.63, 3.8) is 0 Å². The van der Waals surface area contributed by atoms with Crippen molar-refractivity contribution in [2.45, 2.75) is 13.2 Å². The quantitative estimate of drug-likeness (QED) is 0.730. The lowest BCUT2D eigenvalue weighted by molar-refractivity contribution is 0.0919. The zero-order chi connectivity index (χ0) is 17.9. The van der Waals surface area contributed by atoms with Gasteiger partial charge in [-0.1, -0.05) is 0 Å². The second kappa shape index (κ2) is 6.83. The van der Waals surface area contributed by atoms with Crippen molar-refractivity contribution in [2.75, 3.05) is 6.79 Å². The molecule has 3 heterocycles. The molecule has 2 aromatic heterocycles. The molecule has 8 nitrogen and oxygen atoms in total. The summed E-state index contributed by atoms with van der Waals surface area (Å²) in [5.41, 5.74) is 0.916. The van der Waals surface area contributed by atoms with E-state index in [-0.39, 0.29) is 25.1 Å². The highest BCUT2D eigenvalue weighted by Gasteiger charge is 2.15. The van der Waals surface area contributed by atoms with E-state index in [0.717, 1.165) is 5.56 Å². The van der Waals surface area contributed by atoms with E-state index in [4.69, 9.17) is 18.6 Å². The number of aryl methyl sites for hydroxylation is 1. The first kappa shape index (κ1) is 16.1. The predicted molar refractivity (Wildman–Crippen MR) is 90.0 cm³/mol. The molecule has 0 unspecified atom stereocenters. The number of hydrogen-bond acceptors (Lipinski definition) is 6. The SMILES string of the molecule is Cn1cc(CNC(=O)c2ccc(COc3ccc4c(c3)OCO4)o2)cn1. The molecule has 1 N–H and O–H groups in total. The van der Waals surface area contributed by atoms with Gasteiger partial charge in [0, 0.05) is 31.4 Å². The summed E-state index contributed by atoms with van der Waals surface area (Å²) in [5, 5.41) is 6.84. The van der Waals surface area contributed by atoms with Crippen LogP contribution in [0.15, 0.2) is 47.1 Å². The fourth-order valence-corrected chi connectivity index (χ4v) is 2.53. The first-order valence-corrected chi connectivity index (χ1v) is 8.04. The van der Waals surface area contributed by atoms with E-state index in [1.54, 1.807) is 41.2 Å². The number of carbonyl (C=O) groups is 1. The van der Waals surface area contributed by atoms with Gasteiger partial charge in [0.2, 0.25) is 6.79 Å². The maximum atomic E-state index is 12.1. The van der Waals surface area contributed by atoms with Gasteiger partial charge in [0.1, 0.15) is 18.1 Å². The monoisotopic (exact) mass is 355 g/mol. The van der Waals surface area contributed by atoms with Gasteiger partial charge in [0.05, 0.1) is 6.20 Å². The largest absolute Gasteiger partial charge is 0.486 e. The number of nitrogens with one attached hydrogen (secondary N) is 1. The average Bonchev–Trinajstić information content (AvgIpc) is 3.38. The van der Waals surface area contributed by atoms with E-state index in [1.807, 2.05) is 13.2 Å². The maximum absolute atomic E-state index is 12.1. The molecular formula is C18H17N3O5. The Morgan fingerprint density at radius 1 is 1.27 bits per heavy atom. The Balaban J connectivity index is 1.31. The second-order valence-electron chi connectivity index (χ2n) is 5.77. The van der Waals surface area contributed by atoms with Crippen LogP contribution < -0.4 is 19.5 Å². The number of amides is 1. The standard InChI is InChI=1S/C18H17N3O5/c1-21-9-12(8-20-21)7-19-18(22)16-5-3-14(26-16)10-23-13-2-4-15-17(6-13)25-11-24-15/h2-6,8-9H,7,10-11H2,1H3,(H,19,22). The van der Waals surface area contributed by atoms with Crippen LogP contribution in [0.3, 0.4) is 0 Å². The van der Waals surface area contributed by atoms with Gasteiger partial charge in [-0.05, 0) is 24.3 Å². The lowest BCUT2D eigenvalue weighted by Crippen LogP contribution is -2.22. The number of hydrogen-bond donors (Lipinski definition) is 1. The molecule has 134 valence electrons. The Morgan fingerprint density at radius 2 is 2.15 bits per heavy atom. The number of benzene rings is 1. The number of aromatic nitrogens is 2. The summed E-state index contributed by atoms with van der Waals surface area (Å²) in [6, 6.07) is 8.67. The summed E-state index contributed by atoms with van der Waals surface area (Å²) < 4.78 is 23.5. The van der Waals surface area contributed by atoms with Crippen molar-refractivity contribution in [1.82, 2.24) is 15.1 Å². The van der Waals surface area contributed by atoms with Crippen LogP contribution in [0.4, 0.5) is 0 Å². The highest BCUT2D eigenvalue weighted by molar-refractivity contribution is 5.91. The highest BCUT2D eigenvalue weighted by atomic mass is 16.7. The third-order valence-electron chi connectivity index (χ3n) is 3.82. The molecule has 1 amide bonds. The van der Waals surface area contributed by atoms with E-state index in [1.165, 1.54) is 0 Å². The summed E-state index contributed by atoms with van der Waals surface area (Å²) in [4.78, 5) is 12.1. The predicted octanol–water partition coefficient (Wildman–Crippen LogP) is 2.25. The van der Waals surface area contributed by atoms with Crippen LogP contribution in [0, 0.1) is 0 Å². The summed E-state index contributed by atoms with van der Waals surface area (Å²) in [6.07, 6.45) is 3.54. The number of fused-ring (bicyclic) bond motifs is 1. The summed E-state index contributed by atoms with van der Waals surface area (Å²) >= 11 is 0. The Hall–Kier alpha value is -3.42. The van der Waals surface area contributed by atoms with Gasteiger partial charge in [0.25, 0.3) is 5.91 Å². The van der Waals surface area contributed by atoms with E-state index in [2.05, 4.69) is 10.4 Å². The van der Waals surface area contributed by atoms with Crippen LogP contribution in [-0.2, 0) is 20.2 Å². The van der Waals surface area contributed by atoms with Gasteiger partial charge in [-0.2, -0.15) is 5.10 Å². The van der Waals surface area contributed by atoms with E-state index in [0.29, 0.717) is 29.6 Å². The lowest BCUT2D eigenvalue weighted by atomic mass is 10.3. The number of ether oxygens (including phenoxy) is 3. The summed E-state index contributed by atoms with van der Waals surface area (Å²) in [6.45, 7) is 0.806. The van der Waals surface area contributed by atoms with Crippen molar-refractivity contribution in [3.8, 4) is 17.2 Å². The Kier molecular flexibility index (Phi) is 4.22.